The molecule has 0 fully saturated rings. The predicted molar refractivity (Wildman–Crippen MR) is 69.5 cm³/mol. The van der Waals surface area contributed by atoms with Gasteiger partial charge in [-0.05, 0) is 41.6 Å². The first-order valence-electron chi connectivity index (χ1n) is 5.24. The molecule has 96 valence electrons. The van der Waals surface area contributed by atoms with Crippen molar-refractivity contribution in [2.75, 3.05) is 0 Å². The average Bonchev–Trinajstić information content (AvgIpc) is 2.77. The molecule has 18 heavy (non-hydrogen) atoms. The van der Waals surface area contributed by atoms with E-state index >= 15 is 0 Å². The highest BCUT2D eigenvalue weighted by Crippen LogP contribution is 2.30. The van der Waals surface area contributed by atoms with Crippen LogP contribution in [-0.2, 0) is 6.42 Å². The van der Waals surface area contributed by atoms with Gasteiger partial charge in [0.1, 0.15) is 11.6 Å². The lowest BCUT2D eigenvalue weighted by Gasteiger charge is -2.15. The molecule has 1 heterocycles. The zero-order valence-electron chi connectivity index (χ0n) is 9.29. The number of benzene rings is 1. The summed E-state index contributed by atoms with van der Waals surface area (Å²) in [6.45, 7) is 0. The van der Waals surface area contributed by atoms with Gasteiger partial charge < -0.3 is 0 Å². The second-order valence-electron chi connectivity index (χ2n) is 3.79. The molecule has 1 atom stereocenters. The summed E-state index contributed by atoms with van der Waals surface area (Å²) in [7, 11) is 0. The first-order chi connectivity index (χ1) is 8.61. The van der Waals surface area contributed by atoms with Crippen molar-refractivity contribution in [1.82, 2.24) is 5.43 Å². The van der Waals surface area contributed by atoms with Crippen LogP contribution in [0.15, 0.2) is 29.6 Å². The molecule has 0 radical (unpaired) electrons. The largest absolute Gasteiger partial charge is 0.271 e. The summed E-state index contributed by atoms with van der Waals surface area (Å²) in [6.07, 6.45) is 0.236. The highest BCUT2D eigenvalue weighted by atomic mass is 35.5. The van der Waals surface area contributed by atoms with E-state index in [0.29, 0.717) is 5.02 Å². The monoisotopic (exact) mass is 288 g/mol. The summed E-state index contributed by atoms with van der Waals surface area (Å²) >= 11 is 7.42. The van der Waals surface area contributed by atoms with Crippen LogP contribution in [0, 0.1) is 11.6 Å². The lowest BCUT2D eigenvalue weighted by Crippen LogP contribution is -2.29. The topological polar surface area (TPSA) is 38.0 Å². The molecule has 0 amide bonds. The molecule has 0 saturated carbocycles. The number of rotatable bonds is 4. The Labute approximate surface area is 112 Å². The third-order valence-corrected chi connectivity index (χ3v) is 4.07. The molecule has 3 N–H and O–H groups in total. The zero-order valence-corrected chi connectivity index (χ0v) is 10.9. The van der Waals surface area contributed by atoms with Gasteiger partial charge in [-0.2, -0.15) is 0 Å². The van der Waals surface area contributed by atoms with Gasteiger partial charge in [0.15, 0.2) is 0 Å². The summed E-state index contributed by atoms with van der Waals surface area (Å²) in [5, 5.41) is 2.39. The zero-order chi connectivity index (χ0) is 13.1. The third-order valence-electron chi connectivity index (χ3n) is 2.59. The van der Waals surface area contributed by atoms with Crippen molar-refractivity contribution < 1.29 is 8.78 Å². The SMILES string of the molecule is NNC(Cc1cc(F)ccc1F)c1sccc1Cl. The number of nitrogens with two attached hydrogens (primary N) is 1. The van der Waals surface area contributed by atoms with Crippen molar-refractivity contribution >= 4 is 22.9 Å². The van der Waals surface area contributed by atoms with Crippen LogP contribution in [0.25, 0.3) is 0 Å². The Morgan fingerprint density at radius 1 is 1.33 bits per heavy atom. The Hall–Kier alpha value is -1.01. The fraction of sp³-hybridized carbons (Fsp3) is 0.167. The molecule has 0 spiro atoms. The van der Waals surface area contributed by atoms with Crippen LogP contribution in [-0.4, -0.2) is 0 Å². The number of halogens is 3. The molecule has 0 aliphatic heterocycles. The Bertz CT molecular complexity index is 545. The molecule has 0 aliphatic rings. The number of thiophene rings is 1. The maximum atomic E-state index is 13.5. The van der Waals surface area contributed by atoms with E-state index in [4.69, 9.17) is 17.4 Å². The van der Waals surface area contributed by atoms with E-state index in [9.17, 15) is 8.78 Å². The predicted octanol–water partition coefficient (Wildman–Crippen LogP) is 3.43. The maximum absolute atomic E-state index is 13.5. The summed E-state index contributed by atoms with van der Waals surface area (Å²) in [5.41, 5.74) is 2.84. The Morgan fingerprint density at radius 3 is 2.72 bits per heavy atom. The van der Waals surface area contributed by atoms with Crippen molar-refractivity contribution in [3.63, 3.8) is 0 Å². The summed E-state index contributed by atoms with van der Waals surface area (Å²) in [6, 6.07) is 4.76. The van der Waals surface area contributed by atoms with Gasteiger partial charge in [-0.25, -0.2) is 8.78 Å². The van der Waals surface area contributed by atoms with Gasteiger partial charge in [-0.3, -0.25) is 11.3 Å². The summed E-state index contributed by atoms with van der Waals surface area (Å²) in [4.78, 5) is 0.808. The van der Waals surface area contributed by atoms with Gasteiger partial charge in [0, 0.05) is 4.88 Å². The van der Waals surface area contributed by atoms with E-state index in [-0.39, 0.29) is 18.0 Å². The van der Waals surface area contributed by atoms with E-state index in [2.05, 4.69) is 5.43 Å². The minimum atomic E-state index is -0.473. The van der Waals surface area contributed by atoms with Crippen LogP contribution < -0.4 is 11.3 Å². The minimum absolute atomic E-state index is 0.236. The Morgan fingerprint density at radius 2 is 2.11 bits per heavy atom. The van der Waals surface area contributed by atoms with E-state index in [1.807, 2.05) is 5.38 Å². The molecule has 1 unspecified atom stereocenters. The lowest BCUT2D eigenvalue weighted by molar-refractivity contribution is 0.528. The normalized spacial score (nSPS) is 12.7. The van der Waals surface area contributed by atoms with Crippen molar-refractivity contribution in [1.29, 1.82) is 0 Å². The quantitative estimate of drug-likeness (QED) is 0.668. The maximum Gasteiger partial charge on any atom is 0.126 e. The van der Waals surface area contributed by atoms with Crippen molar-refractivity contribution in [2.24, 2.45) is 5.84 Å². The lowest BCUT2D eigenvalue weighted by atomic mass is 10.0. The minimum Gasteiger partial charge on any atom is -0.271 e. The number of hydrazine groups is 1. The van der Waals surface area contributed by atoms with E-state index < -0.39 is 11.6 Å². The van der Waals surface area contributed by atoms with E-state index in [0.717, 1.165) is 17.0 Å². The molecule has 0 saturated heterocycles. The van der Waals surface area contributed by atoms with Crippen LogP contribution in [0.3, 0.4) is 0 Å². The van der Waals surface area contributed by atoms with Crippen LogP contribution >= 0.6 is 22.9 Å². The molecule has 1 aromatic carbocycles. The van der Waals surface area contributed by atoms with Gasteiger partial charge in [-0.15, -0.1) is 11.3 Å². The molecule has 1 aromatic heterocycles. The standard InChI is InChI=1S/C12H11ClF2N2S/c13-9-3-4-18-12(9)11(17-16)6-7-5-8(14)1-2-10(7)15/h1-5,11,17H,6,16H2. The summed E-state index contributed by atoms with van der Waals surface area (Å²) in [5.74, 6) is 4.52. The molecular formula is C12H11ClF2N2S. The van der Waals surface area contributed by atoms with Crippen LogP contribution in [0.5, 0.6) is 0 Å². The van der Waals surface area contributed by atoms with E-state index in [1.165, 1.54) is 17.4 Å². The van der Waals surface area contributed by atoms with Gasteiger partial charge in [0.2, 0.25) is 0 Å². The van der Waals surface area contributed by atoms with Gasteiger partial charge in [-0.1, -0.05) is 11.6 Å². The Balaban J connectivity index is 2.26. The van der Waals surface area contributed by atoms with Crippen LogP contribution in [0.4, 0.5) is 8.78 Å². The number of nitrogens with one attached hydrogen (secondary N) is 1. The number of hydrogen-bond donors (Lipinski definition) is 2. The van der Waals surface area contributed by atoms with Gasteiger partial charge in [0.25, 0.3) is 0 Å². The molecule has 2 nitrogen and oxygen atoms in total. The first kappa shape index (κ1) is 13.4. The van der Waals surface area contributed by atoms with Gasteiger partial charge >= 0.3 is 0 Å². The van der Waals surface area contributed by atoms with Crippen LogP contribution in [0.1, 0.15) is 16.5 Å². The second-order valence-corrected chi connectivity index (χ2v) is 5.15. The third kappa shape index (κ3) is 2.87. The molecule has 2 rings (SSSR count). The van der Waals surface area contributed by atoms with Crippen molar-refractivity contribution in [3.8, 4) is 0 Å². The molecule has 2 aromatic rings. The van der Waals surface area contributed by atoms with Gasteiger partial charge in [0.05, 0.1) is 11.1 Å². The van der Waals surface area contributed by atoms with Crippen LogP contribution in [0.2, 0.25) is 5.02 Å². The molecule has 0 bridgehead atoms. The highest BCUT2D eigenvalue weighted by Gasteiger charge is 2.17. The highest BCUT2D eigenvalue weighted by molar-refractivity contribution is 7.10. The fourth-order valence-corrected chi connectivity index (χ4v) is 2.95. The molecule has 0 aliphatic carbocycles. The number of hydrogen-bond acceptors (Lipinski definition) is 3. The molecule has 6 heteroatoms. The van der Waals surface area contributed by atoms with Crippen molar-refractivity contribution in [2.45, 2.75) is 12.5 Å². The average molecular weight is 289 g/mol. The first-order valence-corrected chi connectivity index (χ1v) is 6.50. The fourth-order valence-electron chi connectivity index (χ4n) is 1.70. The summed E-state index contributed by atoms with van der Waals surface area (Å²) < 4.78 is 26.6. The van der Waals surface area contributed by atoms with E-state index in [1.54, 1.807) is 6.07 Å². The Kier molecular flexibility index (Phi) is 4.29. The smallest absolute Gasteiger partial charge is 0.126 e. The second kappa shape index (κ2) is 5.75. The molecular weight excluding hydrogens is 278 g/mol. The van der Waals surface area contributed by atoms with Crippen molar-refractivity contribution in [3.05, 3.63) is 56.7 Å².